The third-order valence-electron chi connectivity index (χ3n) is 5.11. The highest BCUT2D eigenvalue weighted by Crippen LogP contribution is 2.33. The molecule has 5 nitrogen and oxygen atoms in total. The summed E-state index contributed by atoms with van der Waals surface area (Å²) in [6.07, 6.45) is 5.19. The van der Waals surface area contributed by atoms with Crippen LogP contribution in [0.1, 0.15) is 39.0 Å². The molecule has 2 aliphatic rings. The predicted molar refractivity (Wildman–Crippen MR) is 74.8 cm³/mol. The maximum atomic E-state index is 11.8. The Balaban J connectivity index is 2.06. The van der Waals surface area contributed by atoms with E-state index in [0.29, 0.717) is 12.1 Å². The molecule has 1 amide bonds. The van der Waals surface area contributed by atoms with Crippen molar-refractivity contribution in [3.63, 3.8) is 0 Å². The largest absolute Gasteiger partial charge is 0.377 e. The summed E-state index contributed by atoms with van der Waals surface area (Å²) in [7, 11) is 4.00. The predicted octanol–water partition coefficient (Wildman–Crippen LogP) is 0.482. The van der Waals surface area contributed by atoms with Crippen LogP contribution in [0.4, 0.5) is 0 Å². The summed E-state index contributed by atoms with van der Waals surface area (Å²) in [4.78, 5) is 14.2. The van der Waals surface area contributed by atoms with Gasteiger partial charge in [-0.05, 0) is 53.1 Å². The lowest BCUT2D eigenvalue weighted by atomic mass is 9.77. The molecule has 2 fully saturated rings. The molecule has 110 valence electrons. The van der Waals surface area contributed by atoms with Gasteiger partial charge in [-0.3, -0.25) is 9.69 Å². The maximum Gasteiger partial charge on any atom is 0.237 e. The van der Waals surface area contributed by atoms with Gasteiger partial charge in [0.05, 0.1) is 11.6 Å². The number of nitrogens with one attached hydrogen (secondary N) is 1. The van der Waals surface area contributed by atoms with Gasteiger partial charge in [-0.2, -0.15) is 0 Å². The number of primary amides is 1. The van der Waals surface area contributed by atoms with Crippen molar-refractivity contribution in [2.75, 3.05) is 20.7 Å². The minimum Gasteiger partial charge on any atom is -0.377 e. The Hall–Kier alpha value is -0.650. The van der Waals surface area contributed by atoms with Gasteiger partial charge in [-0.15, -0.1) is 0 Å². The van der Waals surface area contributed by atoms with Crippen molar-refractivity contribution in [3.8, 4) is 0 Å². The fourth-order valence-electron chi connectivity index (χ4n) is 3.69. The maximum absolute atomic E-state index is 11.8. The molecule has 1 aliphatic carbocycles. The summed E-state index contributed by atoms with van der Waals surface area (Å²) >= 11 is 0. The normalized spacial score (nSPS) is 39.7. The van der Waals surface area contributed by atoms with Crippen molar-refractivity contribution in [2.24, 2.45) is 5.73 Å². The lowest BCUT2D eigenvalue weighted by Crippen LogP contribution is -2.60. The Morgan fingerprint density at radius 3 is 2.74 bits per heavy atom. The summed E-state index contributed by atoms with van der Waals surface area (Å²) in [5.74, 6) is -0.219. The molecular formula is C14H27N3O2. The first-order chi connectivity index (χ1) is 9.00. The zero-order chi connectivity index (χ0) is 14.0. The lowest BCUT2D eigenvalue weighted by Gasteiger charge is -2.44. The molecule has 5 heteroatoms. The van der Waals surface area contributed by atoms with E-state index < -0.39 is 5.54 Å². The number of nitrogens with zero attached hydrogens (tertiary/aromatic N) is 1. The number of hydrogen-bond donors (Lipinski definition) is 2. The van der Waals surface area contributed by atoms with Crippen LogP contribution in [0, 0.1) is 0 Å². The SMILES string of the molecule is CNC1(C(N)=O)CCCC(N(C)C2CCOC2C)C1. The molecule has 0 bridgehead atoms. The summed E-state index contributed by atoms with van der Waals surface area (Å²) in [5, 5.41) is 3.17. The van der Waals surface area contributed by atoms with Gasteiger partial charge in [0.1, 0.15) is 0 Å². The molecule has 3 N–H and O–H groups in total. The van der Waals surface area contributed by atoms with Gasteiger partial charge in [0.2, 0.25) is 5.91 Å². The van der Waals surface area contributed by atoms with E-state index in [1.54, 1.807) is 0 Å². The highest BCUT2D eigenvalue weighted by molar-refractivity contribution is 5.84. The highest BCUT2D eigenvalue weighted by Gasteiger charge is 2.43. The topological polar surface area (TPSA) is 67.6 Å². The average molecular weight is 269 g/mol. The minimum absolute atomic E-state index is 0.219. The molecule has 2 rings (SSSR count). The first-order valence-electron chi connectivity index (χ1n) is 7.32. The number of ether oxygens (including phenoxy) is 1. The smallest absolute Gasteiger partial charge is 0.237 e. The van der Waals surface area contributed by atoms with Gasteiger partial charge in [-0.1, -0.05) is 0 Å². The van der Waals surface area contributed by atoms with E-state index in [2.05, 4.69) is 24.2 Å². The van der Waals surface area contributed by atoms with Gasteiger partial charge in [0.15, 0.2) is 0 Å². The molecule has 4 atom stereocenters. The number of nitrogens with two attached hydrogens (primary N) is 1. The number of carbonyl (C=O) groups excluding carboxylic acids is 1. The van der Waals surface area contributed by atoms with Crippen molar-refractivity contribution in [1.82, 2.24) is 10.2 Å². The summed E-state index contributed by atoms with van der Waals surface area (Å²) in [6.45, 7) is 2.98. The Morgan fingerprint density at radius 2 is 2.21 bits per heavy atom. The molecule has 4 unspecified atom stereocenters. The van der Waals surface area contributed by atoms with Crippen LogP contribution in [0.5, 0.6) is 0 Å². The molecule has 1 saturated heterocycles. The zero-order valence-corrected chi connectivity index (χ0v) is 12.3. The van der Waals surface area contributed by atoms with Gasteiger partial charge < -0.3 is 15.8 Å². The molecule has 1 saturated carbocycles. The quantitative estimate of drug-likeness (QED) is 0.779. The Bertz CT molecular complexity index is 337. The third-order valence-corrected chi connectivity index (χ3v) is 5.11. The summed E-state index contributed by atoms with van der Waals surface area (Å²) in [6, 6.07) is 0.869. The van der Waals surface area contributed by atoms with Crippen LogP contribution in [0.2, 0.25) is 0 Å². The molecule has 1 heterocycles. The van der Waals surface area contributed by atoms with Crippen molar-refractivity contribution >= 4 is 5.91 Å². The zero-order valence-electron chi connectivity index (χ0n) is 12.3. The van der Waals surface area contributed by atoms with Crippen molar-refractivity contribution in [1.29, 1.82) is 0 Å². The number of likely N-dealkylation sites (N-methyl/N-ethyl adjacent to an activating group) is 2. The van der Waals surface area contributed by atoms with Gasteiger partial charge in [0, 0.05) is 18.7 Å². The van der Waals surface area contributed by atoms with E-state index >= 15 is 0 Å². The monoisotopic (exact) mass is 269 g/mol. The van der Waals surface area contributed by atoms with Crippen LogP contribution < -0.4 is 11.1 Å². The van der Waals surface area contributed by atoms with Crippen LogP contribution in [0.3, 0.4) is 0 Å². The average Bonchev–Trinajstić information content (AvgIpc) is 2.84. The standard InChI is InChI=1S/C14H27N3O2/c1-10-12(6-8-19-10)17(3)11-5-4-7-14(9-11,16-2)13(15)18/h10-12,16H,4-9H2,1-3H3,(H2,15,18). The molecule has 0 aromatic carbocycles. The highest BCUT2D eigenvalue weighted by atomic mass is 16.5. The van der Waals surface area contributed by atoms with E-state index in [1.165, 1.54) is 0 Å². The van der Waals surface area contributed by atoms with Gasteiger partial charge in [-0.25, -0.2) is 0 Å². The Kier molecular flexibility index (Phi) is 4.48. The number of hydrogen-bond acceptors (Lipinski definition) is 4. The van der Waals surface area contributed by atoms with Crippen LogP contribution >= 0.6 is 0 Å². The molecule has 1 aliphatic heterocycles. The third kappa shape index (κ3) is 2.78. The van der Waals surface area contributed by atoms with Gasteiger partial charge >= 0.3 is 0 Å². The van der Waals surface area contributed by atoms with Gasteiger partial charge in [0.25, 0.3) is 0 Å². The second kappa shape index (κ2) is 5.77. The van der Waals surface area contributed by atoms with E-state index in [4.69, 9.17) is 10.5 Å². The molecule has 0 aromatic rings. The number of rotatable bonds is 4. The van der Waals surface area contributed by atoms with E-state index in [-0.39, 0.29) is 12.0 Å². The first kappa shape index (κ1) is 14.8. The molecule has 0 radical (unpaired) electrons. The fraction of sp³-hybridized carbons (Fsp3) is 0.929. The lowest BCUT2D eigenvalue weighted by molar-refractivity contribution is -0.126. The number of carbonyl (C=O) groups is 1. The van der Waals surface area contributed by atoms with Crippen molar-refractivity contribution < 1.29 is 9.53 Å². The minimum atomic E-state index is -0.528. The second-order valence-corrected chi connectivity index (χ2v) is 6.04. The Labute approximate surface area is 115 Å². The molecule has 19 heavy (non-hydrogen) atoms. The Morgan fingerprint density at radius 1 is 1.47 bits per heavy atom. The summed E-state index contributed by atoms with van der Waals surface area (Å²) in [5.41, 5.74) is 5.08. The molecular weight excluding hydrogens is 242 g/mol. The molecule has 0 spiro atoms. The summed E-state index contributed by atoms with van der Waals surface area (Å²) < 4.78 is 5.65. The van der Waals surface area contributed by atoms with Crippen LogP contribution in [0.25, 0.3) is 0 Å². The van der Waals surface area contributed by atoms with Crippen LogP contribution in [0.15, 0.2) is 0 Å². The first-order valence-corrected chi connectivity index (χ1v) is 7.32. The van der Waals surface area contributed by atoms with Crippen LogP contribution in [-0.2, 0) is 9.53 Å². The van der Waals surface area contributed by atoms with Crippen molar-refractivity contribution in [3.05, 3.63) is 0 Å². The van der Waals surface area contributed by atoms with E-state index in [9.17, 15) is 4.79 Å². The second-order valence-electron chi connectivity index (χ2n) is 6.04. The fourth-order valence-corrected chi connectivity index (χ4v) is 3.69. The van der Waals surface area contributed by atoms with Crippen LogP contribution in [-0.4, -0.2) is 55.2 Å². The molecule has 0 aromatic heterocycles. The van der Waals surface area contributed by atoms with E-state index in [1.807, 2.05) is 7.05 Å². The van der Waals surface area contributed by atoms with E-state index in [0.717, 1.165) is 38.7 Å². The van der Waals surface area contributed by atoms with Crippen molar-refractivity contribution in [2.45, 2.75) is 62.8 Å². The number of amides is 1.